The molecule has 1 unspecified atom stereocenters. The van der Waals surface area contributed by atoms with Crippen LogP contribution in [0, 0.1) is 5.41 Å². The van der Waals surface area contributed by atoms with Gasteiger partial charge in [-0.2, -0.15) is 0 Å². The molecule has 0 aliphatic heterocycles. The first kappa shape index (κ1) is 11.5. The molecule has 0 radical (unpaired) electrons. The summed E-state index contributed by atoms with van der Waals surface area (Å²) >= 11 is 0. The van der Waals surface area contributed by atoms with E-state index in [1.54, 1.807) is 14.0 Å². The van der Waals surface area contributed by atoms with Crippen molar-refractivity contribution in [3.8, 4) is 5.75 Å². The number of rotatable bonds is 5. The van der Waals surface area contributed by atoms with E-state index in [0.717, 1.165) is 11.3 Å². The van der Waals surface area contributed by atoms with Gasteiger partial charge < -0.3 is 15.2 Å². The highest BCUT2D eigenvalue weighted by Crippen LogP contribution is 2.13. The second-order valence-corrected chi connectivity index (χ2v) is 3.26. The van der Waals surface area contributed by atoms with Crippen molar-refractivity contribution in [1.82, 2.24) is 0 Å². The van der Waals surface area contributed by atoms with Crippen LogP contribution in [0.4, 0.5) is 0 Å². The molecule has 0 spiro atoms. The van der Waals surface area contributed by atoms with Crippen molar-refractivity contribution in [2.24, 2.45) is 5.73 Å². The monoisotopic (exact) mass is 208 g/mol. The molecular formula is C11H16N2O2. The van der Waals surface area contributed by atoms with Crippen LogP contribution in [-0.4, -0.2) is 19.0 Å². The number of nitrogens with two attached hydrogens (primary N) is 1. The van der Waals surface area contributed by atoms with Gasteiger partial charge in [-0.15, -0.1) is 0 Å². The summed E-state index contributed by atoms with van der Waals surface area (Å²) in [7, 11) is 1.62. The van der Waals surface area contributed by atoms with E-state index in [0.29, 0.717) is 6.61 Å². The van der Waals surface area contributed by atoms with Crippen molar-refractivity contribution in [1.29, 1.82) is 5.41 Å². The summed E-state index contributed by atoms with van der Waals surface area (Å²) in [6.07, 6.45) is -0.351. The minimum absolute atomic E-state index is 0.0397. The number of benzene rings is 1. The van der Waals surface area contributed by atoms with E-state index >= 15 is 0 Å². The zero-order chi connectivity index (χ0) is 11.3. The summed E-state index contributed by atoms with van der Waals surface area (Å²) in [5.74, 6) is 0.837. The van der Waals surface area contributed by atoms with Gasteiger partial charge in [-0.1, -0.05) is 12.1 Å². The first-order valence-electron chi connectivity index (χ1n) is 4.72. The Bertz CT molecular complexity index is 339. The smallest absolute Gasteiger partial charge is 0.120 e. The van der Waals surface area contributed by atoms with Gasteiger partial charge in [-0.05, 0) is 24.6 Å². The number of ether oxygens (including phenoxy) is 2. The van der Waals surface area contributed by atoms with E-state index in [4.69, 9.17) is 20.6 Å². The maximum absolute atomic E-state index is 7.17. The van der Waals surface area contributed by atoms with E-state index < -0.39 is 0 Å². The topological polar surface area (TPSA) is 68.3 Å². The largest absolute Gasteiger partial charge is 0.497 e. The molecule has 0 aliphatic rings. The van der Waals surface area contributed by atoms with Crippen LogP contribution in [-0.2, 0) is 11.3 Å². The Labute approximate surface area is 89.5 Å². The van der Waals surface area contributed by atoms with Crippen LogP contribution in [0.1, 0.15) is 12.5 Å². The second-order valence-electron chi connectivity index (χ2n) is 3.26. The quantitative estimate of drug-likeness (QED) is 0.569. The molecule has 0 aliphatic carbocycles. The Balaban J connectivity index is 2.53. The number of nitrogens with one attached hydrogen (secondary N) is 1. The van der Waals surface area contributed by atoms with Crippen LogP contribution in [0.25, 0.3) is 0 Å². The normalized spacial score (nSPS) is 12.1. The third kappa shape index (κ3) is 3.59. The molecule has 1 rings (SSSR count). The highest BCUT2D eigenvalue weighted by molar-refractivity contribution is 5.81. The average molecular weight is 208 g/mol. The van der Waals surface area contributed by atoms with Crippen molar-refractivity contribution >= 4 is 5.84 Å². The van der Waals surface area contributed by atoms with Crippen LogP contribution >= 0.6 is 0 Å². The molecule has 4 nitrogen and oxygen atoms in total. The molecule has 0 bridgehead atoms. The van der Waals surface area contributed by atoms with Crippen LogP contribution in [0.3, 0.4) is 0 Å². The molecule has 82 valence electrons. The van der Waals surface area contributed by atoms with E-state index in [9.17, 15) is 0 Å². The van der Waals surface area contributed by atoms with E-state index in [-0.39, 0.29) is 11.9 Å². The standard InChI is InChI=1S/C11H16N2O2/c1-8(11(12)13)15-7-9-4-3-5-10(6-9)14-2/h3-6,8H,7H2,1-2H3,(H3,12,13). The summed E-state index contributed by atoms with van der Waals surface area (Å²) in [4.78, 5) is 0. The molecule has 0 saturated carbocycles. The maximum Gasteiger partial charge on any atom is 0.120 e. The van der Waals surface area contributed by atoms with Crippen molar-refractivity contribution in [2.45, 2.75) is 19.6 Å². The van der Waals surface area contributed by atoms with Crippen molar-refractivity contribution < 1.29 is 9.47 Å². The average Bonchev–Trinajstić information content (AvgIpc) is 2.26. The Kier molecular flexibility index (Phi) is 4.12. The molecule has 3 N–H and O–H groups in total. The Morgan fingerprint density at radius 2 is 2.27 bits per heavy atom. The number of hydrogen-bond donors (Lipinski definition) is 2. The zero-order valence-electron chi connectivity index (χ0n) is 8.99. The number of methoxy groups -OCH3 is 1. The number of amidine groups is 1. The van der Waals surface area contributed by atoms with E-state index in [1.165, 1.54) is 0 Å². The van der Waals surface area contributed by atoms with Gasteiger partial charge in [0.15, 0.2) is 0 Å². The molecule has 0 heterocycles. The zero-order valence-corrected chi connectivity index (χ0v) is 8.99. The minimum Gasteiger partial charge on any atom is -0.497 e. The molecule has 0 saturated heterocycles. The van der Waals surface area contributed by atoms with Gasteiger partial charge in [0, 0.05) is 0 Å². The molecule has 1 aromatic rings. The Morgan fingerprint density at radius 3 is 2.87 bits per heavy atom. The summed E-state index contributed by atoms with van der Waals surface area (Å²) in [5, 5.41) is 7.17. The second kappa shape index (κ2) is 5.36. The summed E-state index contributed by atoms with van der Waals surface area (Å²) in [6.45, 7) is 2.18. The fourth-order valence-electron chi connectivity index (χ4n) is 1.07. The van der Waals surface area contributed by atoms with Crippen LogP contribution < -0.4 is 10.5 Å². The molecule has 4 heteroatoms. The lowest BCUT2D eigenvalue weighted by Crippen LogP contribution is -2.27. The number of hydrogen-bond acceptors (Lipinski definition) is 3. The van der Waals surface area contributed by atoms with Gasteiger partial charge in [0.25, 0.3) is 0 Å². The Morgan fingerprint density at radius 1 is 1.53 bits per heavy atom. The molecule has 0 amide bonds. The van der Waals surface area contributed by atoms with Crippen molar-refractivity contribution in [3.63, 3.8) is 0 Å². The van der Waals surface area contributed by atoms with Gasteiger partial charge >= 0.3 is 0 Å². The lowest BCUT2D eigenvalue weighted by Gasteiger charge is -2.11. The van der Waals surface area contributed by atoms with Gasteiger partial charge in [-0.3, -0.25) is 5.41 Å². The first-order chi connectivity index (χ1) is 7.13. The minimum atomic E-state index is -0.351. The van der Waals surface area contributed by atoms with Gasteiger partial charge in [0.2, 0.25) is 0 Å². The summed E-state index contributed by atoms with van der Waals surface area (Å²) < 4.78 is 10.5. The van der Waals surface area contributed by atoms with E-state index in [1.807, 2.05) is 24.3 Å². The van der Waals surface area contributed by atoms with Gasteiger partial charge in [0.1, 0.15) is 17.7 Å². The van der Waals surface area contributed by atoms with Crippen LogP contribution in [0.2, 0.25) is 0 Å². The third-order valence-corrected chi connectivity index (χ3v) is 2.07. The van der Waals surface area contributed by atoms with Crippen molar-refractivity contribution in [2.75, 3.05) is 7.11 Å². The Hall–Kier alpha value is -1.55. The molecule has 15 heavy (non-hydrogen) atoms. The van der Waals surface area contributed by atoms with Gasteiger partial charge in [0.05, 0.1) is 13.7 Å². The van der Waals surface area contributed by atoms with E-state index in [2.05, 4.69) is 0 Å². The van der Waals surface area contributed by atoms with Crippen LogP contribution in [0.15, 0.2) is 24.3 Å². The fourth-order valence-corrected chi connectivity index (χ4v) is 1.07. The third-order valence-electron chi connectivity index (χ3n) is 2.07. The maximum atomic E-state index is 7.17. The summed E-state index contributed by atoms with van der Waals surface area (Å²) in [5.41, 5.74) is 6.29. The van der Waals surface area contributed by atoms with Crippen molar-refractivity contribution in [3.05, 3.63) is 29.8 Å². The molecule has 0 aromatic heterocycles. The van der Waals surface area contributed by atoms with Gasteiger partial charge in [-0.25, -0.2) is 0 Å². The SMILES string of the molecule is COc1cccc(COC(C)C(=N)N)c1. The first-order valence-corrected chi connectivity index (χ1v) is 4.72. The molecular weight excluding hydrogens is 192 g/mol. The highest BCUT2D eigenvalue weighted by Gasteiger charge is 2.05. The molecule has 0 fully saturated rings. The lowest BCUT2D eigenvalue weighted by molar-refractivity contribution is 0.0947. The highest BCUT2D eigenvalue weighted by atomic mass is 16.5. The predicted octanol–water partition coefficient (Wildman–Crippen LogP) is 1.54. The predicted molar refractivity (Wildman–Crippen MR) is 59.2 cm³/mol. The van der Waals surface area contributed by atoms with Crippen LogP contribution in [0.5, 0.6) is 5.75 Å². The molecule has 1 aromatic carbocycles. The summed E-state index contributed by atoms with van der Waals surface area (Å²) in [6, 6.07) is 7.61. The molecule has 1 atom stereocenters. The lowest BCUT2D eigenvalue weighted by atomic mass is 10.2. The fraction of sp³-hybridized carbons (Fsp3) is 0.364.